The molecule has 1 aliphatic carbocycles. The Balaban J connectivity index is 1.65. The predicted molar refractivity (Wildman–Crippen MR) is 80.7 cm³/mol. The quantitative estimate of drug-likeness (QED) is 0.809. The summed E-state index contributed by atoms with van der Waals surface area (Å²) >= 11 is 0. The summed E-state index contributed by atoms with van der Waals surface area (Å²) in [6.45, 7) is 3.76. The van der Waals surface area contributed by atoms with Crippen LogP contribution in [0.25, 0.3) is 0 Å². The maximum Gasteiger partial charge on any atom is 0.267 e. The van der Waals surface area contributed by atoms with Crippen molar-refractivity contribution in [1.82, 2.24) is 24.8 Å². The van der Waals surface area contributed by atoms with Gasteiger partial charge in [0.2, 0.25) is 11.8 Å². The minimum absolute atomic E-state index is 0.107. The van der Waals surface area contributed by atoms with Gasteiger partial charge in [0.05, 0.1) is 12.2 Å². The molecule has 0 saturated heterocycles. The van der Waals surface area contributed by atoms with Gasteiger partial charge in [0.15, 0.2) is 5.82 Å². The van der Waals surface area contributed by atoms with Crippen LogP contribution in [-0.2, 0) is 17.9 Å². The molecule has 0 radical (unpaired) electrons. The third-order valence-electron chi connectivity index (χ3n) is 3.94. The van der Waals surface area contributed by atoms with Crippen molar-refractivity contribution in [2.75, 3.05) is 7.05 Å². The molecule has 122 valence electrons. The monoisotopic (exact) mass is 317 g/mol. The van der Waals surface area contributed by atoms with Crippen molar-refractivity contribution < 1.29 is 9.32 Å². The molecule has 8 heteroatoms. The molecule has 1 amide bonds. The van der Waals surface area contributed by atoms with Crippen LogP contribution in [0.3, 0.4) is 0 Å². The molecule has 1 aliphatic rings. The van der Waals surface area contributed by atoms with Gasteiger partial charge in [-0.2, -0.15) is 10.1 Å². The van der Waals surface area contributed by atoms with Crippen LogP contribution in [0.4, 0.5) is 0 Å². The topological polar surface area (TPSA) is 94.1 Å². The van der Waals surface area contributed by atoms with Crippen molar-refractivity contribution >= 4 is 5.91 Å². The molecule has 0 atom stereocenters. The molecule has 0 spiro atoms. The number of hydrogen-bond donors (Lipinski definition) is 0. The third kappa shape index (κ3) is 3.46. The van der Waals surface area contributed by atoms with E-state index in [2.05, 4.69) is 15.2 Å². The highest BCUT2D eigenvalue weighted by Gasteiger charge is 2.29. The molecular formula is C15H19N5O3. The molecule has 2 aromatic rings. The Morgan fingerprint density at radius 2 is 2.17 bits per heavy atom. The van der Waals surface area contributed by atoms with Gasteiger partial charge >= 0.3 is 0 Å². The second-order valence-electron chi connectivity index (χ2n) is 5.98. The minimum atomic E-state index is -0.287. The van der Waals surface area contributed by atoms with Gasteiger partial charge in [-0.25, -0.2) is 4.68 Å². The van der Waals surface area contributed by atoms with E-state index >= 15 is 0 Å². The smallest absolute Gasteiger partial charge is 0.267 e. The lowest BCUT2D eigenvalue weighted by Gasteiger charge is -2.15. The Kier molecular flexibility index (Phi) is 3.97. The molecule has 8 nitrogen and oxygen atoms in total. The lowest BCUT2D eigenvalue weighted by Crippen LogP contribution is -2.35. The maximum absolute atomic E-state index is 12.3. The normalized spacial score (nSPS) is 14.0. The van der Waals surface area contributed by atoms with Crippen LogP contribution in [-0.4, -0.2) is 37.8 Å². The molecule has 1 fully saturated rings. The fraction of sp³-hybridized carbons (Fsp3) is 0.533. The third-order valence-corrected chi connectivity index (χ3v) is 3.94. The van der Waals surface area contributed by atoms with Crippen molar-refractivity contribution in [3.05, 3.63) is 39.4 Å². The summed E-state index contributed by atoms with van der Waals surface area (Å²) in [5.74, 6) is 1.27. The van der Waals surface area contributed by atoms with Gasteiger partial charge in [-0.15, -0.1) is 0 Å². The predicted octanol–water partition coefficient (Wildman–Crippen LogP) is 0.779. The van der Waals surface area contributed by atoms with Crippen molar-refractivity contribution in [1.29, 1.82) is 0 Å². The van der Waals surface area contributed by atoms with E-state index in [1.54, 1.807) is 14.0 Å². The maximum atomic E-state index is 12.3. The number of aromatic nitrogens is 4. The molecule has 2 aromatic heterocycles. The van der Waals surface area contributed by atoms with E-state index in [0.717, 1.165) is 24.1 Å². The molecule has 0 aliphatic heterocycles. The van der Waals surface area contributed by atoms with Crippen molar-refractivity contribution in [2.45, 2.75) is 45.7 Å². The van der Waals surface area contributed by atoms with Gasteiger partial charge in [-0.3, -0.25) is 9.59 Å². The first-order valence-electron chi connectivity index (χ1n) is 7.56. The number of hydrogen-bond acceptors (Lipinski definition) is 6. The molecule has 1 saturated carbocycles. The van der Waals surface area contributed by atoms with Crippen molar-refractivity contribution in [3.8, 4) is 0 Å². The van der Waals surface area contributed by atoms with E-state index in [1.807, 2.05) is 6.92 Å². The first-order chi connectivity index (χ1) is 10.9. The van der Waals surface area contributed by atoms with E-state index in [4.69, 9.17) is 4.52 Å². The van der Waals surface area contributed by atoms with Crippen LogP contribution < -0.4 is 5.56 Å². The SMILES string of the molecule is Cc1cc(=O)n(CC(=O)N(C)Cc2noc(C3CC3)n2)nc1C. The molecule has 3 rings (SSSR count). The summed E-state index contributed by atoms with van der Waals surface area (Å²) in [5.41, 5.74) is 1.25. The van der Waals surface area contributed by atoms with Crippen LogP contribution in [0.15, 0.2) is 15.4 Å². The fourth-order valence-corrected chi connectivity index (χ4v) is 2.16. The van der Waals surface area contributed by atoms with Crippen LogP contribution in [0, 0.1) is 13.8 Å². The molecule has 2 heterocycles. The van der Waals surface area contributed by atoms with Gasteiger partial charge in [0.1, 0.15) is 6.54 Å². The summed E-state index contributed by atoms with van der Waals surface area (Å²) in [6, 6.07) is 1.48. The van der Waals surface area contributed by atoms with Gasteiger partial charge in [0.25, 0.3) is 5.56 Å². The molecular weight excluding hydrogens is 298 g/mol. The average Bonchev–Trinajstić information content (AvgIpc) is 3.25. The lowest BCUT2D eigenvalue weighted by molar-refractivity contribution is -0.131. The standard InChI is InChI=1S/C15H19N5O3/c1-9-6-13(21)20(17-10(9)2)8-14(22)19(3)7-12-16-15(23-18-12)11-4-5-11/h6,11H,4-5,7-8H2,1-3H3. The molecule has 0 unspecified atom stereocenters. The van der Waals surface area contributed by atoms with Gasteiger partial charge < -0.3 is 9.42 Å². The summed E-state index contributed by atoms with van der Waals surface area (Å²) in [6.07, 6.45) is 2.16. The highest BCUT2D eigenvalue weighted by atomic mass is 16.5. The average molecular weight is 317 g/mol. The number of carbonyl (C=O) groups excluding carboxylic acids is 1. The Morgan fingerprint density at radius 1 is 1.43 bits per heavy atom. The van der Waals surface area contributed by atoms with Crippen LogP contribution in [0.5, 0.6) is 0 Å². The highest BCUT2D eigenvalue weighted by Crippen LogP contribution is 2.38. The highest BCUT2D eigenvalue weighted by molar-refractivity contribution is 5.75. The first kappa shape index (κ1) is 15.4. The zero-order valence-electron chi connectivity index (χ0n) is 13.4. The fourth-order valence-electron chi connectivity index (χ4n) is 2.16. The summed E-state index contributed by atoms with van der Waals surface area (Å²) in [5, 5.41) is 8.03. The van der Waals surface area contributed by atoms with Crippen molar-refractivity contribution in [2.24, 2.45) is 0 Å². The van der Waals surface area contributed by atoms with E-state index in [0.29, 0.717) is 17.6 Å². The Labute approximate surface area is 133 Å². The largest absolute Gasteiger partial charge is 0.339 e. The number of likely N-dealkylation sites (N-methyl/N-ethyl adjacent to an activating group) is 1. The molecule has 0 N–H and O–H groups in total. The van der Waals surface area contributed by atoms with E-state index in [9.17, 15) is 9.59 Å². The molecule has 0 bridgehead atoms. The summed E-state index contributed by atoms with van der Waals surface area (Å²) in [7, 11) is 1.64. The van der Waals surface area contributed by atoms with Crippen molar-refractivity contribution in [3.63, 3.8) is 0 Å². The number of aryl methyl sites for hydroxylation is 2. The van der Waals surface area contributed by atoms with E-state index < -0.39 is 0 Å². The lowest BCUT2D eigenvalue weighted by atomic mass is 10.2. The van der Waals surface area contributed by atoms with Crippen LogP contribution in [0.2, 0.25) is 0 Å². The summed E-state index contributed by atoms with van der Waals surface area (Å²) < 4.78 is 6.34. The zero-order chi connectivity index (χ0) is 16.6. The number of rotatable bonds is 5. The zero-order valence-corrected chi connectivity index (χ0v) is 13.4. The van der Waals surface area contributed by atoms with Crippen LogP contribution in [0.1, 0.15) is 41.7 Å². The van der Waals surface area contributed by atoms with Crippen LogP contribution >= 0.6 is 0 Å². The first-order valence-corrected chi connectivity index (χ1v) is 7.56. The Bertz CT molecular complexity index is 791. The second kappa shape index (κ2) is 5.94. The molecule has 0 aromatic carbocycles. The number of carbonyl (C=O) groups is 1. The molecule has 23 heavy (non-hydrogen) atoms. The van der Waals surface area contributed by atoms with Gasteiger partial charge in [-0.05, 0) is 32.3 Å². The Hall–Kier alpha value is -2.51. The minimum Gasteiger partial charge on any atom is -0.339 e. The number of nitrogens with zero attached hydrogens (tertiary/aromatic N) is 5. The number of amides is 1. The second-order valence-corrected chi connectivity index (χ2v) is 5.98. The van der Waals surface area contributed by atoms with Gasteiger partial charge in [-0.1, -0.05) is 5.16 Å². The van der Waals surface area contributed by atoms with E-state index in [-0.39, 0.29) is 24.6 Å². The Morgan fingerprint density at radius 3 is 2.87 bits per heavy atom. The summed E-state index contributed by atoms with van der Waals surface area (Å²) in [4.78, 5) is 29.9. The van der Waals surface area contributed by atoms with E-state index in [1.165, 1.54) is 15.6 Å². The van der Waals surface area contributed by atoms with Gasteiger partial charge in [0, 0.05) is 19.0 Å².